The summed E-state index contributed by atoms with van der Waals surface area (Å²) in [6.45, 7) is 2.71. The molecule has 4 aromatic rings. The van der Waals surface area contributed by atoms with Gasteiger partial charge in [-0.15, -0.1) is 0 Å². The van der Waals surface area contributed by atoms with Crippen molar-refractivity contribution in [2.45, 2.75) is 13.5 Å². The quantitative estimate of drug-likeness (QED) is 0.549. The molecule has 2 aromatic carbocycles. The maximum absolute atomic E-state index is 5.89. The van der Waals surface area contributed by atoms with Crippen molar-refractivity contribution in [3.05, 3.63) is 78.1 Å². The van der Waals surface area contributed by atoms with Crippen LogP contribution in [0.15, 0.2) is 71.1 Å². The van der Waals surface area contributed by atoms with E-state index in [1.54, 1.807) is 0 Å². The normalized spacial score (nSPS) is 11.1. The Balaban J connectivity index is 1.86. The molecule has 0 fully saturated rings. The lowest BCUT2D eigenvalue weighted by atomic mass is 10.1. The minimum absolute atomic E-state index is 0.739. The van der Waals surface area contributed by atoms with Crippen LogP contribution in [0.2, 0.25) is 0 Å². The molecule has 0 spiro atoms. The predicted molar refractivity (Wildman–Crippen MR) is 87.7 cm³/mol. The van der Waals surface area contributed by atoms with Crippen LogP contribution >= 0.6 is 0 Å². The molecule has 0 aliphatic rings. The van der Waals surface area contributed by atoms with Crippen LogP contribution in [-0.4, -0.2) is 9.78 Å². The smallest absolute Gasteiger partial charge is 0.180 e. The molecule has 3 nitrogen and oxygen atoms in total. The van der Waals surface area contributed by atoms with Crippen molar-refractivity contribution < 1.29 is 4.42 Å². The van der Waals surface area contributed by atoms with E-state index < -0.39 is 0 Å². The van der Waals surface area contributed by atoms with Crippen LogP contribution < -0.4 is 0 Å². The Morgan fingerprint density at radius 1 is 0.955 bits per heavy atom. The summed E-state index contributed by atoms with van der Waals surface area (Å²) in [4.78, 5) is 0. The number of benzene rings is 2. The zero-order valence-electron chi connectivity index (χ0n) is 12.4. The summed E-state index contributed by atoms with van der Waals surface area (Å²) in [6, 6.07) is 22.6. The van der Waals surface area contributed by atoms with Crippen LogP contribution in [0.1, 0.15) is 11.3 Å². The molecule has 0 aliphatic carbocycles. The summed E-state index contributed by atoms with van der Waals surface area (Å²) in [5, 5.41) is 4.78. The van der Waals surface area contributed by atoms with Crippen molar-refractivity contribution in [2.75, 3.05) is 0 Å². The molecule has 108 valence electrons. The van der Waals surface area contributed by atoms with Crippen molar-refractivity contribution >= 4 is 11.1 Å². The van der Waals surface area contributed by atoms with Gasteiger partial charge in [0.25, 0.3) is 0 Å². The third-order valence-electron chi connectivity index (χ3n) is 3.77. The first-order valence-electron chi connectivity index (χ1n) is 7.37. The molecule has 0 atom stereocenters. The van der Waals surface area contributed by atoms with E-state index in [0.29, 0.717) is 0 Å². The van der Waals surface area contributed by atoms with Gasteiger partial charge in [-0.2, -0.15) is 5.10 Å². The number of rotatable bonds is 3. The number of fused-ring (bicyclic) bond motifs is 1. The molecule has 0 saturated heterocycles. The number of aromatic nitrogens is 2. The fourth-order valence-corrected chi connectivity index (χ4v) is 2.74. The second-order valence-corrected chi connectivity index (χ2v) is 5.43. The van der Waals surface area contributed by atoms with E-state index in [1.807, 2.05) is 35.9 Å². The SMILES string of the molecule is Cc1cc2c(o1)c(-c1ccccc1)nn2Cc1ccccc1. The molecular formula is C19H16N2O. The van der Waals surface area contributed by atoms with Crippen molar-refractivity contribution in [3.8, 4) is 11.3 Å². The standard InChI is InChI=1S/C19H16N2O/c1-14-12-17-19(22-14)18(16-10-6-3-7-11-16)20-21(17)13-15-8-4-2-5-9-15/h2-12H,13H2,1H3. The Labute approximate surface area is 128 Å². The lowest BCUT2D eigenvalue weighted by Crippen LogP contribution is -2.01. The highest BCUT2D eigenvalue weighted by molar-refractivity contribution is 5.89. The zero-order valence-corrected chi connectivity index (χ0v) is 12.4. The number of nitrogens with zero attached hydrogens (tertiary/aromatic N) is 2. The second kappa shape index (κ2) is 5.19. The fraction of sp³-hybridized carbons (Fsp3) is 0.105. The number of hydrogen-bond acceptors (Lipinski definition) is 2. The first-order chi connectivity index (χ1) is 10.8. The lowest BCUT2D eigenvalue weighted by Gasteiger charge is -2.02. The molecule has 2 heterocycles. The van der Waals surface area contributed by atoms with Gasteiger partial charge in [0.05, 0.1) is 6.54 Å². The van der Waals surface area contributed by atoms with E-state index in [1.165, 1.54) is 5.56 Å². The minimum atomic E-state index is 0.739. The van der Waals surface area contributed by atoms with E-state index in [0.717, 1.165) is 34.7 Å². The van der Waals surface area contributed by atoms with Crippen molar-refractivity contribution in [2.24, 2.45) is 0 Å². The van der Waals surface area contributed by atoms with Gasteiger partial charge in [-0.25, -0.2) is 0 Å². The monoisotopic (exact) mass is 288 g/mol. The van der Waals surface area contributed by atoms with Crippen molar-refractivity contribution in [1.29, 1.82) is 0 Å². The highest BCUT2D eigenvalue weighted by atomic mass is 16.3. The Morgan fingerprint density at radius 2 is 1.64 bits per heavy atom. The van der Waals surface area contributed by atoms with Crippen LogP contribution in [0.4, 0.5) is 0 Å². The van der Waals surface area contributed by atoms with Gasteiger partial charge in [0.2, 0.25) is 0 Å². The maximum atomic E-state index is 5.89. The molecule has 2 aromatic heterocycles. The predicted octanol–water partition coefficient (Wildman–Crippen LogP) is 4.65. The molecule has 22 heavy (non-hydrogen) atoms. The summed E-state index contributed by atoms with van der Waals surface area (Å²) in [5.74, 6) is 0.909. The van der Waals surface area contributed by atoms with Crippen LogP contribution in [-0.2, 0) is 6.54 Å². The summed E-state index contributed by atoms with van der Waals surface area (Å²) >= 11 is 0. The van der Waals surface area contributed by atoms with Crippen molar-refractivity contribution in [1.82, 2.24) is 9.78 Å². The highest BCUT2D eigenvalue weighted by Crippen LogP contribution is 2.30. The summed E-state index contributed by atoms with van der Waals surface area (Å²) in [6.07, 6.45) is 0. The van der Waals surface area contributed by atoms with Gasteiger partial charge in [-0.05, 0) is 12.5 Å². The van der Waals surface area contributed by atoms with Gasteiger partial charge in [0.15, 0.2) is 5.58 Å². The molecule has 0 radical (unpaired) electrons. The van der Waals surface area contributed by atoms with E-state index in [2.05, 4.69) is 42.5 Å². The van der Waals surface area contributed by atoms with Crippen LogP contribution in [0.25, 0.3) is 22.4 Å². The molecule has 4 rings (SSSR count). The van der Waals surface area contributed by atoms with Gasteiger partial charge in [0.1, 0.15) is 17.0 Å². The summed E-state index contributed by atoms with van der Waals surface area (Å²) in [5.41, 5.74) is 5.11. The number of furan rings is 1. The van der Waals surface area contributed by atoms with E-state index in [9.17, 15) is 0 Å². The van der Waals surface area contributed by atoms with Gasteiger partial charge < -0.3 is 4.42 Å². The first kappa shape index (κ1) is 12.9. The molecular weight excluding hydrogens is 272 g/mol. The topological polar surface area (TPSA) is 31.0 Å². The Hall–Kier alpha value is -2.81. The fourth-order valence-electron chi connectivity index (χ4n) is 2.74. The Bertz CT molecular complexity index is 905. The summed E-state index contributed by atoms with van der Waals surface area (Å²) in [7, 11) is 0. The minimum Gasteiger partial charge on any atom is -0.457 e. The highest BCUT2D eigenvalue weighted by Gasteiger charge is 2.16. The largest absolute Gasteiger partial charge is 0.457 e. The van der Waals surface area contributed by atoms with E-state index >= 15 is 0 Å². The van der Waals surface area contributed by atoms with Crippen LogP contribution in [0, 0.1) is 6.92 Å². The Morgan fingerprint density at radius 3 is 2.36 bits per heavy atom. The molecule has 0 unspecified atom stereocenters. The third-order valence-corrected chi connectivity index (χ3v) is 3.77. The van der Waals surface area contributed by atoms with Crippen LogP contribution in [0.3, 0.4) is 0 Å². The van der Waals surface area contributed by atoms with Gasteiger partial charge in [-0.1, -0.05) is 60.7 Å². The van der Waals surface area contributed by atoms with Crippen LogP contribution in [0.5, 0.6) is 0 Å². The lowest BCUT2D eigenvalue weighted by molar-refractivity contribution is 0.579. The van der Waals surface area contributed by atoms with E-state index in [4.69, 9.17) is 9.52 Å². The third kappa shape index (κ3) is 2.21. The molecule has 0 N–H and O–H groups in total. The Kier molecular flexibility index (Phi) is 3.04. The van der Waals surface area contributed by atoms with Crippen molar-refractivity contribution in [3.63, 3.8) is 0 Å². The molecule has 0 aliphatic heterocycles. The molecule has 0 amide bonds. The van der Waals surface area contributed by atoms with Gasteiger partial charge in [-0.3, -0.25) is 4.68 Å². The summed E-state index contributed by atoms with van der Waals surface area (Å²) < 4.78 is 7.91. The first-order valence-corrected chi connectivity index (χ1v) is 7.37. The molecule has 0 saturated carbocycles. The average molecular weight is 288 g/mol. The average Bonchev–Trinajstić information content (AvgIpc) is 3.08. The van der Waals surface area contributed by atoms with Gasteiger partial charge >= 0.3 is 0 Å². The van der Waals surface area contributed by atoms with Gasteiger partial charge in [0, 0.05) is 11.6 Å². The maximum Gasteiger partial charge on any atom is 0.180 e. The zero-order chi connectivity index (χ0) is 14.9. The van der Waals surface area contributed by atoms with E-state index in [-0.39, 0.29) is 0 Å². The molecule has 3 heteroatoms. The second-order valence-electron chi connectivity index (χ2n) is 5.43. The number of hydrogen-bond donors (Lipinski definition) is 0. The molecule has 0 bridgehead atoms. The number of aryl methyl sites for hydroxylation is 1.